The van der Waals surface area contributed by atoms with E-state index >= 15 is 4.39 Å². The van der Waals surface area contributed by atoms with Gasteiger partial charge < -0.3 is 49.5 Å². The number of hydrogen-bond donors (Lipinski definition) is 4. The van der Waals surface area contributed by atoms with Crippen LogP contribution in [0.25, 0.3) is 43.4 Å². The fourth-order valence-electron chi connectivity index (χ4n) is 14.7. The lowest BCUT2D eigenvalue weighted by Gasteiger charge is -2.38. The fourth-order valence-corrected chi connectivity index (χ4v) is 15.5. The average Bonchev–Trinajstić information content (AvgIpc) is 1.97. The molecule has 0 spiro atoms. The second kappa shape index (κ2) is 23.2. The molecule has 2 unspecified atom stereocenters. The number of aromatic hydroxyl groups is 1. The molecular formula is C64H76FN11O7S. The van der Waals surface area contributed by atoms with Crippen molar-refractivity contribution in [2.24, 2.45) is 5.92 Å². The number of benzene rings is 3. The van der Waals surface area contributed by atoms with Gasteiger partial charge in [-0.05, 0) is 129 Å². The van der Waals surface area contributed by atoms with Gasteiger partial charge in [0.05, 0.1) is 39.2 Å². The third kappa shape index (κ3) is 10.9. The molecule has 7 aromatic rings. The quantitative estimate of drug-likeness (QED) is 0.0671. The molecule has 2 amide bonds. The van der Waals surface area contributed by atoms with Crippen molar-refractivity contribution in [3.63, 3.8) is 0 Å². The molecule has 18 nitrogen and oxygen atoms in total. The number of thiazole rings is 1. The van der Waals surface area contributed by atoms with Crippen molar-refractivity contribution >= 4 is 50.6 Å². The van der Waals surface area contributed by atoms with Crippen molar-refractivity contribution in [1.82, 2.24) is 50.4 Å². The van der Waals surface area contributed by atoms with Crippen LogP contribution in [0.2, 0.25) is 0 Å². The van der Waals surface area contributed by atoms with Crippen LogP contribution in [-0.2, 0) is 16.0 Å². The molecule has 8 atom stereocenters. The van der Waals surface area contributed by atoms with Gasteiger partial charge in [-0.15, -0.1) is 11.3 Å². The lowest BCUT2D eigenvalue weighted by Crippen LogP contribution is -2.51. The number of anilines is 1. The Bertz CT molecular complexity index is 3560. The van der Waals surface area contributed by atoms with Crippen LogP contribution < -0.4 is 25.0 Å². The second-order valence-electron chi connectivity index (χ2n) is 24.8. The van der Waals surface area contributed by atoms with Crippen molar-refractivity contribution in [3.8, 4) is 39.3 Å². The third-order valence-corrected chi connectivity index (χ3v) is 20.0. The second-order valence-corrected chi connectivity index (χ2v) is 25.7. The number of ether oxygens (including phenoxy) is 2. The van der Waals surface area contributed by atoms with Crippen molar-refractivity contribution in [2.75, 3.05) is 57.3 Å². The first-order valence-corrected chi connectivity index (χ1v) is 31.2. The number of β-amino-alcohol motifs (C(OH)–C–C–N with tert-alkyl or cyclic N) is 1. The summed E-state index contributed by atoms with van der Waals surface area (Å²) in [7, 11) is 0. The first-order chi connectivity index (χ1) is 40.7. The Kier molecular flexibility index (Phi) is 15.6. The number of aryl methyl sites for hydroxylation is 2. The zero-order valence-corrected chi connectivity index (χ0v) is 49.4. The SMILES string of the molecule is CCc1cccc2cc(O)cc(-c3ncc4c(N5CC6CCC(C5)N6)nc(OC[C@@]56CCCN5[C@H](CN5CCC(Oc7cc([C@@H](C(=O)N8C[C@H](O)C[C@H]8C(=O)N[C@@H](C)c8ccc(-c9scnc9C)cc8)C(C)C)on7)CC5)CC6)nc4c3F)c12. The fraction of sp³-hybridized carbons (Fsp3) is 0.516. The van der Waals surface area contributed by atoms with Crippen LogP contribution in [-0.4, -0.2) is 156 Å². The summed E-state index contributed by atoms with van der Waals surface area (Å²) in [5.41, 5.74) is 6.48. The molecule has 10 heterocycles. The number of nitrogens with zero attached hydrogens (tertiary/aromatic N) is 9. The molecule has 0 saturated carbocycles. The third-order valence-electron chi connectivity index (χ3n) is 19.0. The van der Waals surface area contributed by atoms with E-state index in [2.05, 4.69) is 42.4 Å². The van der Waals surface area contributed by atoms with Gasteiger partial charge in [0.1, 0.15) is 47.4 Å². The number of pyridine rings is 1. The minimum atomic E-state index is -0.843. The van der Waals surface area contributed by atoms with Gasteiger partial charge in [-0.25, -0.2) is 9.37 Å². The van der Waals surface area contributed by atoms with Gasteiger partial charge in [0.25, 0.3) is 5.88 Å². The van der Waals surface area contributed by atoms with Gasteiger partial charge in [0.15, 0.2) is 11.6 Å². The molecule has 6 aliphatic rings. The van der Waals surface area contributed by atoms with Gasteiger partial charge in [-0.3, -0.25) is 19.5 Å². The van der Waals surface area contributed by atoms with Crippen LogP contribution in [0.3, 0.4) is 0 Å². The number of likely N-dealkylation sites (tertiary alicyclic amines) is 2. The first-order valence-electron chi connectivity index (χ1n) is 30.4. The van der Waals surface area contributed by atoms with Crippen LogP contribution in [0.15, 0.2) is 76.9 Å². The van der Waals surface area contributed by atoms with Crippen LogP contribution in [0.5, 0.6) is 17.6 Å². The van der Waals surface area contributed by atoms with Crippen LogP contribution in [0.4, 0.5) is 10.2 Å². The molecule has 4 N–H and O–H groups in total. The minimum absolute atomic E-state index is 0.0439. The number of piperazine rings is 1. The molecule has 6 saturated heterocycles. The van der Waals surface area contributed by atoms with Crippen LogP contribution >= 0.6 is 11.3 Å². The first kappa shape index (κ1) is 56.3. The van der Waals surface area contributed by atoms with Crippen LogP contribution in [0.1, 0.15) is 120 Å². The van der Waals surface area contributed by atoms with E-state index in [1.165, 1.54) is 4.90 Å². The van der Waals surface area contributed by atoms with Crippen molar-refractivity contribution < 1.29 is 38.2 Å². The molecule has 84 heavy (non-hydrogen) atoms. The molecule has 0 radical (unpaired) electrons. The zero-order chi connectivity index (χ0) is 58.0. The smallest absolute Gasteiger partial charge is 0.319 e. The zero-order valence-electron chi connectivity index (χ0n) is 48.6. The maximum absolute atomic E-state index is 17.4. The Morgan fingerprint density at radius 3 is 2.51 bits per heavy atom. The van der Waals surface area contributed by atoms with Gasteiger partial charge in [-0.1, -0.05) is 63.2 Å². The number of piperidine rings is 1. The lowest BCUT2D eigenvalue weighted by atomic mass is 9.91. The van der Waals surface area contributed by atoms with E-state index in [1.54, 1.807) is 35.7 Å². The number of halogens is 1. The monoisotopic (exact) mass is 1160 g/mol. The van der Waals surface area contributed by atoms with Crippen molar-refractivity contribution in [2.45, 2.75) is 153 Å². The summed E-state index contributed by atoms with van der Waals surface area (Å²) in [6, 6.07) is 19.0. The maximum atomic E-state index is 17.4. The molecule has 442 valence electrons. The molecule has 6 fully saturated rings. The standard InChI is InChI=1S/C64H76FN11O7S/c1-6-39-9-7-10-42-25-46(77)26-49(55(39)42)57-56(65)58-50(29-66-57)60(74-30-43-15-16-44(31-74)69-43)71-63(70-58)81-34-64-20-8-22-76(64)45(17-21-64)32-73-23-18-48(19-24-73)82-53-28-52(83-72-53)54(36(2)3)62(80)75-33-47(78)27-51(75)61(79)68-37(4)40-11-13-41(14-12-40)59-38(5)67-35-84-59/h7,9-14,25-26,28-29,35-37,43-45,47-48,51,54,69,77-78H,6,8,15-24,27,30-34H2,1-5H3,(H,68,79)/t37-,43?,44?,45-,47+,51-,54-,64-/m0/s1. The summed E-state index contributed by atoms with van der Waals surface area (Å²) in [6.07, 6.45) is 9.50. The number of phenols is 1. The summed E-state index contributed by atoms with van der Waals surface area (Å²) in [6.45, 7) is 15.4. The highest BCUT2D eigenvalue weighted by Gasteiger charge is 2.51. The number of fused-ring (bicyclic) bond motifs is 5. The summed E-state index contributed by atoms with van der Waals surface area (Å²) < 4.78 is 36.5. The van der Waals surface area contributed by atoms with E-state index < -0.39 is 23.9 Å². The Morgan fingerprint density at radius 2 is 1.76 bits per heavy atom. The van der Waals surface area contributed by atoms with E-state index in [0.717, 1.165) is 135 Å². The average molecular weight is 1160 g/mol. The van der Waals surface area contributed by atoms with Gasteiger partial charge in [0, 0.05) is 81.6 Å². The lowest BCUT2D eigenvalue weighted by molar-refractivity contribution is -0.141. The Hall–Kier alpha value is -6.84. The van der Waals surface area contributed by atoms with E-state index in [9.17, 15) is 19.8 Å². The van der Waals surface area contributed by atoms with Crippen molar-refractivity contribution in [3.05, 3.63) is 101 Å². The highest BCUT2D eigenvalue weighted by Crippen LogP contribution is 2.45. The van der Waals surface area contributed by atoms with Crippen molar-refractivity contribution in [1.29, 1.82) is 0 Å². The summed E-state index contributed by atoms with van der Waals surface area (Å²) >= 11 is 1.59. The molecule has 13 rings (SSSR count). The number of phenolic OH excluding ortho intramolecular Hbond substituents is 1. The summed E-state index contributed by atoms with van der Waals surface area (Å²) in [4.78, 5) is 57.5. The van der Waals surface area contributed by atoms with Gasteiger partial charge in [-0.2, -0.15) is 9.97 Å². The van der Waals surface area contributed by atoms with Gasteiger partial charge >= 0.3 is 6.01 Å². The molecule has 6 aliphatic heterocycles. The van der Waals surface area contributed by atoms with E-state index in [4.69, 9.17) is 28.9 Å². The number of rotatable bonds is 17. The molecular weight excluding hydrogens is 1090 g/mol. The molecule has 20 heteroatoms. The number of nitrogens with one attached hydrogen (secondary N) is 2. The van der Waals surface area contributed by atoms with Crippen LogP contribution in [0, 0.1) is 18.7 Å². The molecule has 3 aromatic carbocycles. The molecule has 4 aromatic heterocycles. The molecule has 0 aliphatic carbocycles. The van der Waals surface area contributed by atoms with E-state index in [1.807, 2.05) is 75.7 Å². The maximum Gasteiger partial charge on any atom is 0.319 e. The Labute approximate surface area is 493 Å². The van der Waals surface area contributed by atoms with E-state index in [-0.39, 0.29) is 71.4 Å². The number of aliphatic hydroxyl groups excluding tert-OH is 1. The normalized spacial score (nSPS) is 24.6. The Morgan fingerprint density at radius 1 is 0.964 bits per heavy atom. The van der Waals surface area contributed by atoms with E-state index in [0.29, 0.717) is 53.1 Å². The minimum Gasteiger partial charge on any atom is -0.508 e. The molecule has 2 bridgehead atoms. The summed E-state index contributed by atoms with van der Waals surface area (Å²) in [5.74, 6) is -0.718. The number of carbonyl (C=O) groups is 2. The predicted octanol–water partition coefficient (Wildman–Crippen LogP) is 9.11. The Balaban J connectivity index is 0.641. The number of aromatic nitrogens is 5. The highest BCUT2D eigenvalue weighted by atomic mass is 32.1. The topological polar surface area (TPSA) is 208 Å². The number of carbonyl (C=O) groups excluding carboxylic acids is 2. The largest absolute Gasteiger partial charge is 0.508 e. The summed E-state index contributed by atoms with van der Waals surface area (Å²) in [5, 5.41) is 35.0. The number of amides is 2. The number of hydrogen-bond acceptors (Lipinski definition) is 17. The highest BCUT2D eigenvalue weighted by molar-refractivity contribution is 7.13. The predicted molar refractivity (Wildman–Crippen MR) is 320 cm³/mol. The number of aliphatic hydroxyl groups is 1. The van der Waals surface area contributed by atoms with Gasteiger partial charge in [0.2, 0.25) is 11.8 Å².